The number of likely N-dealkylation sites (N-methyl/N-ethyl adjacent to an activating group) is 1. The number of nitrogens with one attached hydrogen (secondary N) is 1. The molecule has 5 amide bonds. The first kappa shape index (κ1) is 19.0. The van der Waals surface area contributed by atoms with Gasteiger partial charge in [0, 0.05) is 23.4 Å². The molecule has 0 bridgehead atoms. The smallest absolute Gasteiger partial charge is 0.322 e. The van der Waals surface area contributed by atoms with Crippen molar-refractivity contribution >= 4 is 35.2 Å². The van der Waals surface area contributed by atoms with Crippen molar-refractivity contribution in [2.75, 3.05) is 18.4 Å². The maximum Gasteiger partial charge on any atom is 0.334 e. The van der Waals surface area contributed by atoms with Gasteiger partial charge in [-0.25, -0.2) is 9.69 Å². The summed E-state index contributed by atoms with van der Waals surface area (Å²) < 4.78 is 0. The average molecular weight is 379 g/mol. The number of amides is 5. The third kappa shape index (κ3) is 3.66. The van der Waals surface area contributed by atoms with Gasteiger partial charge in [0.25, 0.3) is 5.91 Å². The normalized spacial score (nSPS) is 13.8. The molecule has 0 atom stereocenters. The number of benzene rings is 2. The standard InChI is InChI=1S/C20H17N3O5/c1-2-22-18(26)19(27)23(20(22)28)12-16(24)13-8-10-15(11-9-13)21-17(25)14-6-4-3-5-7-14/h3-11H,2,12H2,1H3,(H,21,25). The Morgan fingerprint density at radius 2 is 1.43 bits per heavy atom. The van der Waals surface area contributed by atoms with Crippen molar-refractivity contribution in [1.82, 2.24) is 9.80 Å². The molecule has 1 aliphatic heterocycles. The van der Waals surface area contributed by atoms with E-state index in [-0.39, 0.29) is 18.0 Å². The highest BCUT2D eigenvalue weighted by Gasteiger charge is 2.44. The van der Waals surface area contributed by atoms with E-state index in [0.29, 0.717) is 16.2 Å². The fraction of sp³-hybridized carbons (Fsp3) is 0.150. The number of carbonyl (C=O) groups excluding carboxylic acids is 5. The molecule has 0 aliphatic carbocycles. The Labute approximate surface area is 160 Å². The third-order valence-electron chi connectivity index (χ3n) is 4.25. The molecular formula is C20H17N3O5. The van der Waals surface area contributed by atoms with Crippen molar-refractivity contribution in [2.24, 2.45) is 0 Å². The summed E-state index contributed by atoms with van der Waals surface area (Å²) in [5.74, 6) is -2.72. The monoisotopic (exact) mass is 379 g/mol. The number of nitrogens with zero attached hydrogens (tertiary/aromatic N) is 2. The lowest BCUT2D eigenvalue weighted by Crippen LogP contribution is -2.36. The Bertz CT molecular complexity index is 954. The second-order valence-electron chi connectivity index (χ2n) is 6.04. The van der Waals surface area contributed by atoms with Crippen molar-refractivity contribution in [1.29, 1.82) is 0 Å². The molecule has 8 nitrogen and oxygen atoms in total. The van der Waals surface area contributed by atoms with E-state index in [2.05, 4.69) is 5.32 Å². The van der Waals surface area contributed by atoms with Gasteiger partial charge in [-0.15, -0.1) is 0 Å². The summed E-state index contributed by atoms with van der Waals surface area (Å²) in [6.45, 7) is 1.11. The first-order valence-electron chi connectivity index (χ1n) is 8.59. The van der Waals surface area contributed by atoms with Crippen molar-refractivity contribution < 1.29 is 24.0 Å². The Kier molecular flexibility index (Phi) is 5.30. The molecule has 2 aromatic carbocycles. The molecule has 2 aromatic rings. The number of carbonyl (C=O) groups is 5. The van der Waals surface area contributed by atoms with Crippen LogP contribution in [-0.4, -0.2) is 52.4 Å². The molecule has 1 heterocycles. The topological polar surface area (TPSA) is 104 Å². The number of rotatable bonds is 6. The molecule has 0 radical (unpaired) electrons. The van der Waals surface area contributed by atoms with E-state index >= 15 is 0 Å². The summed E-state index contributed by atoms with van der Waals surface area (Å²) in [6.07, 6.45) is 0. The van der Waals surface area contributed by atoms with Gasteiger partial charge < -0.3 is 5.32 Å². The molecule has 1 saturated heterocycles. The minimum Gasteiger partial charge on any atom is -0.322 e. The van der Waals surface area contributed by atoms with Crippen LogP contribution >= 0.6 is 0 Å². The average Bonchev–Trinajstić information content (AvgIpc) is 2.92. The maximum atomic E-state index is 12.4. The molecule has 0 spiro atoms. The molecule has 0 unspecified atom stereocenters. The quantitative estimate of drug-likeness (QED) is 0.469. The second-order valence-corrected chi connectivity index (χ2v) is 6.04. The summed E-state index contributed by atoms with van der Waals surface area (Å²) >= 11 is 0. The SMILES string of the molecule is CCN1C(=O)C(=O)N(CC(=O)c2ccc(NC(=O)c3ccccc3)cc2)C1=O. The highest BCUT2D eigenvalue weighted by molar-refractivity contribution is 6.45. The Morgan fingerprint density at radius 3 is 2.00 bits per heavy atom. The molecule has 8 heteroatoms. The highest BCUT2D eigenvalue weighted by atomic mass is 16.2. The van der Waals surface area contributed by atoms with Gasteiger partial charge in [0.1, 0.15) is 0 Å². The van der Waals surface area contributed by atoms with Gasteiger partial charge in [-0.2, -0.15) is 0 Å². The van der Waals surface area contributed by atoms with E-state index in [0.717, 1.165) is 4.90 Å². The fourth-order valence-electron chi connectivity index (χ4n) is 2.74. The van der Waals surface area contributed by atoms with Crippen molar-refractivity contribution in [3.63, 3.8) is 0 Å². The van der Waals surface area contributed by atoms with E-state index in [1.807, 2.05) is 0 Å². The number of hydrogen-bond acceptors (Lipinski definition) is 5. The summed E-state index contributed by atoms with van der Waals surface area (Å²) in [6, 6.07) is 13.9. The van der Waals surface area contributed by atoms with Crippen LogP contribution in [0.25, 0.3) is 0 Å². The van der Waals surface area contributed by atoms with Crippen LogP contribution in [-0.2, 0) is 9.59 Å². The maximum absolute atomic E-state index is 12.4. The zero-order valence-corrected chi connectivity index (χ0v) is 15.0. The lowest BCUT2D eigenvalue weighted by atomic mass is 10.1. The van der Waals surface area contributed by atoms with Crippen molar-refractivity contribution in [3.05, 3.63) is 65.7 Å². The predicted molar refractivity (Wildman–Crippen MR) is 99.7 cm³/mol. The minimum atomic E-state index is -1.01. The summed E-state index contributed by atoms with van der Waals surface area (Å²) in [5.41, 5.74) is 1.24. The largest absolute Gasteiger partial charge is 0.334 e. The van der Waals surface area contributed by atoms with Crippen LogP contribution in [0.4, 0.5) is 10.5 Å². The van der Waals surface area contributed by atoms with Gasteiger partial charge in [-0.05, 0) is 43.3 Å². The van der Waals surface area contributed by atoms with E-state index in [1.54, 1.807) is 49.4 Å². The van der Waals surface area contributed by atoms with Crippen LogP contribution in [0.2, 0.25) is 0 Å². The van der Waals surface area contributed by atoms with E-state index in [4.69, 9.17) is 0 Å². The Morgan fingerprint density at radius 1 is 0.821 bits per heavy atom. The van der Waals surface area contributed by atoms with E-state index < -0.39 is 30.2 Å². The molecule has 1 aliphatic rings. The van der Waals surface area contributed by atoms with Crippen molar-refractivity contribution in [2.45, 2.75) is 6.92 Å². The molecule has 1 fully saturated rings. The molecule has 1 N–H and O–H groups in total. The lowest BCUT2D eigenvalue weighted by Gasteiger charge is -2.13. The van der Waals surface area contributed by atoms with Gasteiger partial charge >= 0.3 is 17.8 Å². The molecule has 0 saturated carbocycles. The molecule has 28 heavy (non-hydrogen) atoms. The summed E-state index contributed by atoms with van der Waals surface area (Å²) in [7, 11) is 0. The van der Waals surface area contributed by atoms with Gasteiger partial charge in [0.15, 0.2) is 5.78 Å². The van der Waals surface area contributed by atoms with Crippen LogP contribution in [0, 0.1) is 0 Å². The molecule has 0 aromatic heterocycles. The van der Waals surface area contributed by atoms with E-state index in [9.17, 15) is 24.0 Å². The van der Waals surface area contributed by atoms with Crippen LogP contribution in [0.15, 0.2) is 54.6 Å². The second kappa shape index (κ2) is 7.83. The number of urea groups is 1. The zero-order valence-electron chi connectivity index (χ0n) is 15.0. The first-order valence-corrected chi connectivity index (χ1v) is 8.59. The molecule has 3 rings (SSSR count). The number of imide groups is 2. The number of Topliss-reactive ketones (excluding diaryl/α,β-unsaturated/α-hetero) is 1. The van der Waals surface area contributed by atoms with Crippen molar-refractivity contribution in [3.8, 4) is 0 Å². The number of anilines is 1. The first-order chi connectivity index (χ1) is 13.4. The zero-order chi connectivity index (χ0) is 20.3. The van der Waals surface area contributed by atoms with Crippen LogP contribution in [0.1, 0.15) is 27.6 Å². The third-order valence-corrected chi connectivity index (χ3v) is 4.25. The lowest BCUT2D eigenvalue weighted by molar-refractivity contribution is -0.143. The fourth-order valence-corrected chi connectivity index (χ4v) is 2.74. The minimum absolute atomic E-state index is 0.0594. The Hall–Kier alpha value is -3.81. The van der Waals surface area contributed by atoms with Crippen LogP contribution in [0.5, 0.6) is 0 Å². The molecular weight excluding hydrogens is 362 g/mol. The van der Waals surface area contributed by atoms with Gasteiger partial charge in [-0.3, -0.25) is 24.1 Å². The summed E-state index contributed by atoms with van der Waals surface area (Å²) in [4.78, 5) is 61.6. The van der Waals surface area contributed by atoms with Crippen LogP contribution in [0.3, 0.4) is 0 Å². The van der Waals surface area contributed by atoms with Gasteiger partial charge in [0.05, 0.1) is 6.54 Å². The number of ketones is 1. The number of hydrogen-bond donors (Lipinski definition) is 1. The van der Waals surface area contributed by atoms with Gasteiger partial charge in [0.2, 0.25) is 0 Å². The van der Waals surface area contributed by atoms with Crippen LogP contribution < -0.4 is 5.32 Å². The van der Waals surface area contributed by atoms with Gasteiger partial charge in [-0.1, -0.05) is 18.2 Å². The molecule has 142 valence electrons. The van der Waals surface area contributed by atoms with E-state index in [1.165, 1.54) is 12.1 Å². The Balaban J connectivity index is 1.66. The summed E-state index contributed by atoms with van der Waals surface area (Å²) in [5, 5.41) is 2.71. The highest BCUT2D eigenvalue weighted by Crippen LogP contribution is 2.15. The predicted octanol–water partition coefficient (Wildman–Crippen LogP) is 1.93.